The van der Waals surface area contributed by atoms with Crippen LogP contribution in [0.2, 0.25) is 0 Å². The van der Waals surface area contributed by atoms with Crippen molar-refractivity contribution in [2.24, 2.45) is 11.8 Å². The van der Waals surface area contributed by atoms with Gasteiger partial charge in [0.2, 0.25) is 0 Å². The van der Waals surface area contributed by atoms with E-state index in [1.54, 1.807) is 18.3 Å². The van der Waals surface area contributed by atoms with Crippen LogP contribution in [0.1, 0.15) is 44.1 Å². The molecule has 2 atom stereocenters. The molecule has 6 rings (SSSR count). The van der Waals surface area contributed by atoms with E-state index in [9.17, 15) is 14.9 Å². The minimum Gasteiger partial charge on any atom is -0.332 e. The largest absolute Gasteiger partial charge is 0.332 e. The summed E-state index contributed by atoms with van der Waals surface area (Å²) in [5, 5.41) is 19.6. The molecular formula is C20H22N4O3S. The molecule has 1 aromatic carbocycles. The molecule has 1 aromatic heterocycles. The quantitative estimate of drug-likeness (QED) is 0.587. The number of hydrogen-bond donors (Lipinski definition) is 2. The number of aromatic nitrogens is 1. The summed E-state index contributed by atoms with van der Waals surface area (Å²) in [4.78, 5) is 27.4. The van der Waals surface area contributed by atoms with E-state index in [2.05, 4.69) is 15.6 Å². The maximum absolute atomic E-state index is 12.6. The van der Waals surface area contributed by atoms with Crippen LogP contribution in [0.15, 0.2) is 35.8 Å². The van der Waals surface area contributed by atoms with Crippen molar-refractivity contribution in [1.82, 2.24) is 10.3 Å². The Balaban J connectivity index is 1.40. The summed E-state index contributed by atoms with van der Waals surface area (Å²) in [6.07, 6.45) is 8.06. The van der Waals surface area contributed by atoms with Gasteiger partial charge in [0.25, 0.3) is 5.69 Å². The van der Waals surface area contributed by atoms with E-state index in [1.165, 1.54) is 23.3 Å². The van der Waals surface area contributed by atoms with Crippen LogP contribution in [0.4, 0.5) is 15.6 Å². The number of non-ortho nitro benzene ring substituents is 1. The zero-order valence-corrected chi connectivity index (χ0v) is 16.2. The predicted molar refractivity (Wildman–Crippen MR) is 106 cm³/mol. The molecule has 1 heterocycles. The van der Waals surface area contributed by atoms with Crippen LogP contribution in [0.3, 0.4) is 0 Å². The summed E-state index contributed by atoms with van der Waals surface area (Å²) < 4.78 is 0. The molecule has 2 aromatic rings. The van der Waals surface area contributed by atoms with Crippen molar-refractivity contribution in [3.05, 3.63) is 51.5 Å². The van der Waals surface area contributed by atoms with E-state index >= 15 is 0 Å². The van der Waals surface area contributed by atoms with Gasteiger partial charge in [-0.1, -0.05) is 12.1 Å². The van der Waals surface area contributed by atoms with Gasteiger partial charge in [-0.15, -0.1) is 11.3 Å². The highest BCUT2D eigenvalue weighted by atomic mass is 32.1. The molecule has 4 aliphatic rings. The van der Waals surface area contributed by atoms with E-state index in [1.807, 2.05) is 17.5 Å². The zero-order valence-electron chi connectivity index (χ0n) is 15.4. The number of hydrogen-bond acceptors (Lipinski definition) is 5. The van der Waals surface area contributed by atoms with Crippen molar-refractivity contribution in [1.29, 1.82) is 0 Å². The molecule has 0 spiro atoms. The van der Waals surface area contributed by atoms with Gasteiger partial charge in [0.1, 0.15) is 0 Å². The third-order valence-electron chi connectivity index (χ3n) is 6.78. The number of anilines is 1. The van der Waals surface area contributed by atoms with Crippen molar-refractivity contribution in [3.63, 3.8) is 0 Å². The minimum absolute atomic E-state index is 0.00761. The molecule has 0 saturated heterocycles. The summed E-state index contributed by atoms with van der Waals surface area (Å²) in [6, 6.07) is 6.89. The molecule has 2 unspecified atom stereocenters. The highest BCUT2D eigenvalue weighted by Gasteiger charge is 2.58. The molecular weight excluding hydrogens is 376 g/mol. The van der Waals surface area contributed by atoms with E-state index < -0.39 is 0 Å². The van der Waals surface area contributed by atoms with Crippen LogP contribution >= 0.6 is 11.3 Å². The van der Waals surface area contributed by atoms with Gasteiger partial charge in [0.15, 0.2) is 5.13 Å². The number of urea groups is 1. The molecule has 0 radical (unpaired) electrons. The summed E-state index contributed by atoms with van der Waals surface area (Å²) in [5.74, 6) is 1.19. The number of carbonyl (C=O) groups is 1. The Morgan fingerprint density at radius 2 is 1.89 bits per heavy atom. The standard InChI is InChI=1S/C20H22N4O3S/c25-17(22-18-21-5-6-28-18)23-20-10-13-7-14(11-20)9-19(8-13,12-20)15-1-3-16(4-2-15)24(26)27/h1-6,13-14H,7-12H2,(H2,21,22,23,25). The molecule has 0 aliphatic heterocycles. The Morgan fingerprint density at radius 1 is 1.18 bits per heavy atom. The lowest BCUT2D eigenvalue weighted by Gasteiger charge is -2.62. The first-order chi connectivity index (χ1) is 13.5. The number of nitrogens with one attached hydrogen (secondary N) is 2. The first-order valence-electron chi connectivity index (χ1n) is 9.69. The van der Waals surface area contributed by atoms with E-state index in [4.69, 9.17) is 0 Å². The Labute approximate surface area is 166 Å². The second-order valence-electron chi connectivity index (χ2n) is 8.74. The van der Waals surface area contributed by atoms with Crippen molar-refractivity contribution < 1.29 is 9.72 Å². The van der Waals surface area contributed by atoms with Crippen LogP contribution in [-0.4, -0.2) is 21.5 Å². The number of nitro benzene ring substituents is 1. The van der Waals surface area contributed by atoms with Gasteiger partial charge in [-0.25, -0.2) is 9.78 Å². The van der Waals surface area contributed by atoms with Crippen LogP contribution in [-0.2, 0) is 5.41 Å². The number of thiazole rings is 1. The SMILES string of the molecule is O=C(Nc1nccs1)NC12CC3CC(C1)CC(c1ccc([N+](=O)[O-])cc1)(C3)C2. The minimum atomic E-state index is -0.352. The highest BCUT2D eigenvalue weighted by molar-refractivity contribution is 7.13. The lowest BCUT2D eigenvalue weighted by molar-refractivity contribution is -0.384. The third-order valence-corrected chi connectivity index (χ3v) is 7.47. The summed E-state index contributed by atoms with van der Waals surface area (Å²) in [7, 11) is 0. The molecule has 4 bridgehead atoms. The van der Waals surface area contributed by atoms with Gasteiger partial charge >= 0.3 is 6.03 Å². The van der Waals surface area contributed by atoms with Gasteiger partial charge in [-0.2, -0.15) is 0 Å². The average molecular weight is 398 g/mol. The van der Waals surface area contributed by atoms with E-state index in [-0.39, 0.29) is 27.6 Å². The van der Waals surface area contributed by atoms with E-state index in [0.29, 0.717) is 17.0 Å². The number of amides is 2. The van der Waals surface area contributed by atoms with Crippen molar-refractivity contribution in [3.8, 4) is 0 Å². The van der Waals surface area contributed by atoms with Gasteiger partial charge in [-0.05, 0) is 61.3 Å². The Morgan fingerprint density at radius 3 is 2.50 bits per heavy atom. The van der Waals surface area contributed by atoms with Gasteiger partial charge in [0.05, 0.1) is 4.92 Å². The molecule has 7 nitrogen and oxygen atoms in total. The lowest BCUT2D eigenvalue weighted by atomic mass is 9.45. The van der Waals surface area contributed by atoms with Gasteiger partial charge in [0, 0.05) is 29.2 Å². The Hall–Kier alpha value is -2.48. The molecule has 4 saturated carbocycles. The highest BCUT2D eigenvalue weighted by Crippen LogP contribution is 2.62. The zero-order chi connectivity index (χ0) is 19.4. The lowest BCUT2D eigenvalue weighted by Crippen LogP contribution is -2.64. The first kappa shape index (κ1) is 17.6. The van der Waals surface area contributed by atoms with Gasteiger partial charge in [-0.3, -0.25) is 15.4 Å². The fraction of sp³-hybridized carbons (Fsp3) is 0.500. The molecule has 28 heavy (non-hydrogen) atoms. The Kier molecular flexibility index (Phi) is 3.94. The van der Waals surface area contributed by atoms with Crippen molar-refractivity contribution in [2.75, 3.05) is 5.32 Å². The molecule has 2 N–H and O–H groups in total. The monoisotopic (exact) mass is 398 g/mol. The Bertz CT molecular complexity index is 898. The fourth-order valence-corrected chi connectivity index (χ4v) is 6.86. The molecule has 146 valence electrons. The smallest absolute Gasteiger partial charge is 0.321 e. The number of nitro groups is 1. The van der Waals surface area contributed by atoms with Crippen LogP contribution in [0, 0.1) is 22.0 Å². The van der Waals surface area contributed by atoms with Crippen LogP contribution in [0.25, 0.3) is 0 Å². The van der Waals surface area contributed by atoms with E-state index in [0.717, 1.165) is 32.1 Å². The molecule has 8 heteroatoms. The molecule has 2 amide bonds. The summed E-state index contributed by atoms with van der Waals surface area (Å²) >= 11 is 1.41. The first-order valence-corrected chi connectivity index (χ1v) is 10.6. The maximum atomic E-state index is 12.6. The third kappa shape index (κ3) is 2.96. The average Bonchev–Trinajstić information content (AvgIpc) is 3.13. The topological polar surface area (TPSA) is 97.2 Å². The number of carbonyl (C=O) groups excluding carboxylic acids is 1. The maximum Gasteiger partial charge on any atom is 0.321 e. The molecule has 4 aliphatic carbocycles. The van der Waals surface area contributed by atoms with Crippen LogP contribution < -0.4 is 10.6 Å². The number of rotatable bonds is 4. The second-order valence-corrected chi connectivity index (χ2v) is 9.64. The second kappa shape index (κ2) is 6.27. The predicted octanol–water partition coefficient (Wildman–Crippen LogP) is 4.46. The van der Waals surface area contributed by atoms with Crippen molar-refractivity contribution >= 4 is 28.2 Å². The molecule has 4 fully saturated rings. The van der Waals surface area contributed by atoms with Gasteiger partial charge < -0.3 is 5.32 Å². The van der Waals surface area contributed by atoms with Crippen LogP contribution in [0.5, 0.6) is 0 Å². The fourth-order valence-electron chi connectivity index (χ4n) is 6.34. The number of benzene rings is 1. The summed E-state index contributed by atoms with van der Waals surface area (Å²) in [5.41, 5.74) is 1.11. The number of nitrogens with zero attached hydrogens (tertiary/aromatic N) is 2. The van der Waals surface area contributed by atoms with Crippen molar-refractivity contribution in [2.45, 2.75) is 49.5 Å². The summed E-state index contributed by atoms with van der Waals surface area (Å²) in [6.45, 7) is 0. The normalized spacial score (nSPS) is 32.9.